The number of aromatic nitrogens is 6. The zero-order chi connectivity index (χ0) is 21.3. The smallest absolute Gasteiger partial charge is 0.320 e. The number of hydrogen-bond acceptors (Lipinski definition) is 8. The summed E-state index contributed by atoms with van der Waals surface area (Å²) in [6.07, 6.45) is -2.86. The summed E-state index contributed by atoms with van der Waals surface area (Å²) in [6, 6.07) is 7.67. The summed E-state index contributed by atoms with van der Waals surface area (Å²) in [7, 11) is 0. The largest absolute Gasteiger partial charge is 0.445 e. The number of nitrogens with zero attached hydrogens (tertiary/aromatic N) is 6. The maximum atomic E-state index is 12.6. The second-order valence-electron chi connectivity index (χ2n) is 5.93. The van der Waals surface area contributed by atoms with E-state index in [0.29, 0.717) is 17.7 Å². The number of hydrogen-bond donors (Lipinski definition) is 1. The van der Waals surface area contributed by atoms with Gasteiger partial charge in [0, 0.05) is 11.9 Å². The molecule has 0 radical (unpaired) electrons. The first kappa shape index (κ1) is 20.2. The Bertz CT molecular complexity index is 1250. The van der Waals surface area contributed by atoms with Crippen molar-refractivity contribution in [1.29, 1.82) is 0 Å². The fraction of sp³-hybridized carbons (Fsp3) is 0.176. The van der Waals surface area contributed by atoms with Gasteiger partial charge in [0.15, 0.2) is 5.65 Å². The minimum Gasteiger partial charge on any atom is -0.320 e. The van der Waals surface area contributed by atoms with Gasteiger partial charge in [-0.3, -0.25) is 10.1 Å². The van der Waals surface area contributed by atoms with Crippen LogP contribution in [0.25, 0.3) is 22.1 Å². The van der Waals surface area contributed by atoms with E-state index in [2.05, 4.69) is 37.3 Å². The van der Waals surface area contributed by atoms with Crippen molar-refractivity contribution in [3.8, 4) is 0 Å². The van der Waals surface area contributed by atoms with E-state index < -0.39 is 17.1 Å². The number of amides is 1. The molecule has 1 aromatic carbocycles. The van der Waals surface area contributed by atoms with Crippen LogP contribution in [0.2, 0.25) is 0 Å². The molecule has 13 heteroatoms. The molecule has 0 saturated carbocycles. The molecule has 3 aromatic heterocycles. The summed E-state index contributed by atoms with van der Waals surface area (Å²) in [4.78, 5) is 16.5. The fourth-order valence-electron chi connectivity index (χ4n) is 2.74. The Kier molecular flexibility index (Phi) is 5.39. The molecule has 4 aromatic rings. The van der Waals surface area contributed by atoms with Crippen LogP contribution in [0.5, 0.6) is 0 Å². The second-order valence-corrected chi connectivity index (χ2v) is 7.85. The monoisotopic (exact) mass is 451 g/mol. The van der Waals surface area contributed by atoms with Crippen LogP contribution in [0.3, 0.4) is 0 Å². The Morgan fingerprint density at radius 1 is 1.23 bits per heavy atom. The van der Waals surface area contributed by atoms with E-state index in [1.165, 1.54) is 0 Å². The van der Waals surface area contributed by atoms with Gasteiger partial charge in [0.1, 0.15) is 5.52 Å². The van der Waals surface area contributed by atoms with E-state index in [0.717, 1.165) is 22.7 Å². The highest BCUT2D eigenvalue weighted by molar-refractivity contribution is 7.99. The lowest BCUT2D eigenvalue weighted by Crippen LogP contribution is -2.14. The maximum absolute atomic E-state index is 12.6. The third-order valence-electron chi connectivity index (χ3n) is 3.91. The summed E-state index contributed by atoms with van der Waals surface area (Å²) < 4.78 is 39.6. The molecule has 1 amide bonds. The molecule has 1 N–H and O–H groups in total. The molecule has 0 atom stereocenters. The van der Waals surface area contributed by atoms with Crippen LogP contribution < -0.4 is 5.32 Å². The van der Waals surface area contributed by atoms with Crippen molar-refractivity contribution < 1.29 is 18.0 Å². The van der Waals surface area contributed by atoms with Crippen LogP contribution in [0.15, 0.2) is 42.1 Å². The van der Waals surface area contributed by atoms with E-state index in [1.807, 2.05) is 28.8 Å². The van der Waals surface area contributed by atoms with Gasteiger partial charge in [0.05, 0.1) is 11.3 Å². The Balaban J connectivity index is 1.51. The molecular formula is C17H12F3N7OS2. The number of fused-ring (bicyclic) bond motifs is 3. The van der Waals surface area contributed by atoms with Crippen LogP contribution >= 0.6 is 23.1 Å². The van der Waals surface area contributed by atoms with Gasteiger partial charge >= 0.3 is 6.18 Å². The SMILES string of the molecule is C=CCn1c2ccccc2c2nnc(SCC(=O)Nc3nnc(C(F)(F)F)s3)nc21. The van der Waals surface area contributed by atoms with Gasteiger partial charge in [-0.15, -0.1) is 27.0 Å². The lowest BCUT2D eigenvalue weighted by atomic mass is 10.2. The van der Waals surface area contributed by atoms with E-state index >= 15 is 0 Å². The molecule has 4 rings (SSSR count). The van der Waals surface area contributed by atoms with Gasteiger partial charge in [-0.1, -0.05) is 47.4 Å². The predicted octanol–water partition coefficient (Wildman–Crippen LogP) is 3.77. The number of alkyl halides is 3. The van der Waals surface area contributed by atoms with Crippen molar-refractivity contribution in [1.82, 2.24) is 29.9 Å². The van der Waals surface area contributed by atoms with Crippen LogP contribution in [0, 0.1) is 0 Å². The highest BCUT2D eigenvalue weighted by Gasteiger charge is 2.35. The van der Waals surface area contributed by atoms with Crippen LogP contribution in [-0.4, -0.2) is 41.6 Å². The molecule has 8 nitrogen and oxygen atoms in total. The first-order valence-corrected chi connectivity index (χ1v) is 10.2. The summed E-state index contributed by atoms with van der Waals surface area (Å²) >= 11 is 1.27. The van der Waals surface area contributed by atoms with Crippen molar-refractivity contribution in [3.63, 3.8) is 0 Å². The Morgan fingerprint density at radius 3 is 2.77 bits per heavy atom. The highest BCUT2D eigenvalue weighted by Crippen LogP contribution is 2.33. The number of nitrogens with one attached hydrogen (secondary N) is 1. The third-order valence-corrected chi connectivity index (χ3v) is 5.63. The van der Waals surface area contributed by atoms with E-state index in [-0.39, 0.29) is 27.4 Å². The topological polar surface area (TPSA) is 98.5 Å². The van der Waals surface area contributed by atoms with E-state index in [4.69, 9.17) is 0 Å². The molecule has 0 aliphatic heterocycles. The van der Waals surface area contributed by atoms with Crippen molar-refractivity contribution in [2.24, 2.45) is 0 Å². The van der Waals surface area contributed by atoms with Gasteiger partial charge in [-0.05, 0) is 6.07 Å². The molecule has 30 heavy (non-hydrogen) atoms. The zero-order valence-electron chi connectivity index (χ0n) is 15.0. The average molecular weight is 451 g/mol. The molecule has 0 aliphatic rings. The third kappa shape index (κ3) is 3.98. The minimum absolute atomic E-state index is 0.129. The standard InChI is InChI=1S/C17H12F3N7OS2/c1-2-7-27-10-6-4-3-5-9(10)12-13(27)22-15(25-23-12)29-8-11(28)21-16-26-24-14(30-16)17(18,19)20/h2-6H,1,7-8H2,(H,21,26,28). The Morgan fingerprint density at radius 2 is 2.03 bits per heavy atom. The van der Waals surface area contributed by atoms with Gasteiger partial charge in [0.2, 0.25) is 21.2 Å². The number of allylic oxidation sites excluding steroid dienone is 1. The molecular weight excluding hydrogens is 439 g/mol. The Labute approximate surface area is 175 Å². The molecule has 0 bridgehead atoms. The predicted molar refractivity (Wildman–Crippen MR) is 107 cm³/mol. The molecule has 0 saturated heterocycles. The van der Waals surface area contributed by atoms with Gasteiger partial charge in [0.25, 0.3) is 0 Å². The van der Waals surface area contributed by atoms with Crippen LogP contribution in [0.4, 0.5) is 18.3 Å². The van der Waals surface area contributed by atoms with Gasteiger partial charge in [-0.25, -0.2) is 4.98 Å². The number of carbonyl (C=O) groups excluding carboxylic acids is 1. The number of thioether (sulfide) groups is 1. The zero-order valence-corrected chi connectivity index (χ0v) is 16.7. The fourth-order valence-corrected chi connectivity index (χ4v) is 3.95. The molecule has 0 spiro atoms. The summed E-state index contributed by atoms with van der Waals surface area (Å²) in [6.45, 7) is 4.28. The number of para-hydroxylation sites is 1. The van der Waals surface area contributed by atoms with Gasteiger partial charge in [-0.2, -0.15) is 13.2 Å². The highest BCUT2D eigenvalue weighted by atomic mass is 32.2. The summed E-state index contributed by atoms with van der Waals surface area (Å²) in [5.41, 5.74) is 2.17. The maximum Gasteiger partial charge on any atom is 0.445 e. The molecule has 0 aliphatic carbocycles. The average Bonchev–Trinajstić information content (AvgIpc) is 3.30. The lowest BCUT2D eigenvalue weighted by molar-refractivity contribution is -0.138. The van der Waals surface area contributed by atoms with Crippen LogP contribution in [0.1, 0.15) is 5.01 Å². The molecule has 154 valence electrons. The molecule has 3 heterocycles. The summed E-state index contributed by atoms with van der Waals surface area (Å²) in [5.74, 6) is -0.685. The second kappa shape index (κ2) is 7.99. The number of benzene rings is 1. The van der Waals surface area contributed by atoms with Crippen molar-refractivity contribution in [3.05, 3.63) is 41.9 Å². The van der Waals surface area contributed by atoms with Gasteiger partial charge < -0.3 is 4.57 Å². The van der Waals surface area contributed by atoms with Crippen molar-refractivity contribution >= 4 is 56.2 Å². The number of rotatable bonds is 6. The number of carbonyl (C=O) groups is 1. The quantitative estimate of drug-likeness (QED) is 0.352. The molecule has 0 unspecified atom stereocenters. The summed E-state index contributed by atoms with van der Waals surface area (Å²) in [5, 5.41) is 16.7. The molecule has 0 fully saturated rings. The van der Waals surface area contributed by atoms with Crippen molar-refractivity contribution in [2.75, 3.05) is 11.1 Å². The lowest BCUT2D eigenvalue weighted by Gasteiger charge is -2.03. The van der Waals surface area contributed by atoms with E-state index in [9.17, 15) is 18.0 Å². The normalized spacial score (nSPS) is 11.8. The first-order chi connectivity index (χ1) is 14.4. The van der Waals surface area contributed by atoms with Crippen LogP contribution in [-0.2, 0) is 17.5 Å². The van der Waals surface area contributed by atoms with E-state index in [1.54, 1.807) is 6.08 Å². The number of anilines is 1. The van der Waals surface area contributed by atoms with Crippen molar-refractivity contribution in [2.45, 2.75) is 17.9 Å². The Hall–Kier alpha value is -3.06. The minimum atomic E-state index is -4.60. The first-order valence-electron chi connectivity index (χ1n) is 8.42. The number of halogens is 3.